The first kappa shape index (κ1) is 14.6. The molecule has 0 aromatic carbocycles. The van der Waals surface area contributed by atoms with Crippen LogP contribution in [0.4, 0.5) is 5.82 Å². The number of pyridine rings is 1. The summed E-state index contributed by atoms with van der Waals surface area (Å²) in [6.07, 6.45) is 4.60. The molecule has 2 aromatic heterocycles. The molecule has 0 saturated carbocycles. The van der Waals surface area contributed by atoms with Gasteiger partial charge in [0.05, 0.1) is 11.9 Å². The minimum atomic E-state index is 0.233. The lowest BCUT2D eigenvalue weighted by Gasteiger charge is -2.48. The summed E-state index contributed by atoms with van der Waals surface area (Å²) in [5.74, 6) is 3.26. The predicted octanol–water partition coefficient (Wildman–Crippen LogP) is 2.02. The molecule has 2 aliphatic heterocycles. The summed E-state index contributed by atoms with van der Waals surface area (Å²) < 4.78 is 11.4. The normalized spacial score (nSPS) is 22.0. The molecule has 2 aliphatic rings. The molecule has 2 fully saturated rings. The van der Waals surface area contributed by atoms with Crippen LogP contribution in [0, 0.1) is 0 Å². The van der Waals surface area contributed by atoms with Crippen molar-refractivity contribution < 1.29 is 9.47 Å². The van der Waals surface area contributed by atoms with E-state index in [0.717, 1.165) is 31.1 Å². The SMILES string of the molecule is COc1cc(N2CC3(CC(Oc4ccccn4)CS3)C2)ncn1. The summed E-state index contributed by atoms with van der Waals surface area (Å²) in [5, 5.41) is 0. The molecule has 7 heteroatoms. The van der Waals surface area contributed by atoms with Gasteiger partial charge in [0.25, 0.3) is 0 Å². The second-order valence-electron chi connectivity index (χ2n) is 5.88. The maximum Gasteiger partial charge on any atom is 0.218 e. The molecule has 0 radical (unpaired) electrons. The van der Waals surface area contributed by atoms with E-state index in [-0.39, 0.29) is 10.9 Å². The van der Waals surface area contributed by atoms with Gasteiger partial charge in [-0.25, -0.2) is 15.0 Å². The number of rotatable bonds is 4. The molecule has 0 N–H and O–H groups in total. The van der Waals surface area contributed by atoms with Crippen LogP contribution in [0.5, 0.6) is 11.8 Å². The van der Waals surface area contributed by atoms with E-state index in [2.05, 4.69) is 19.9 Å². The number of nitrogens with zero attached hydrogens (tertiary/aromatic N) is 4. The first-order valence-electron chi connectivity index (χ1n) is 7.59. The average molecular weight is 330 g/mol. The highest BCUT2D eigenvalue weighted by Gasteiger charge is 2.50. The van der Waals surface area contributed by atoms with Crippen LogP contribution in [0.1, 0.15) is 6.42 Å². The Balaban J connectivity index is 1.36. The average Bonchev–Trinajstić information content (AvgIpc) is 2.99. The summed E-state index contributed by atoms with van der Waals surface area (Å²) in [6, 6.07) is 7.65. The molecule has 120 valence electrons. The maximum atomic E-state index is 5.99. The van der Waals surface area contributed by atoms with Gasteiger partial charge in [-0.2, -0.15) is 0 Å². The van der Waals surface area contributed by atoms with Crippen molar-refractivity contribution >= 4 is 17.6 Å². The lowest BCUT2D eigenvalue weighted by Crippen LogP contribution is -2.59. The van der Waals surface area contributed by atoms with E-state index in [4.69, 9.17) is 9.47 Å². The second kappa shape index (κ2) is 5.88. The summed E-state index contributed by atoms with van der Waals surface area (Å²) >= 11 is 2.00. The molecule has 0 amide bonds. The highest BCUT2D eigenvalue weighted by molar-refractivity contribution is 8.01. The number of hydrogen-bond donors (Lipinski definition) is 0. The highest BCUT2D eigenvalue weighted by Crippen LogP contribution is 2.47. The first-order valence-corrected chi connectivity index (χ1v) is 8.58. The van der Waals surface area contributed by atoms with Crippen LogP contribution < -0.4 is 14.4 Å². The van der Waals surface area contributed by atoms with Crippen molar-refractivity contribution in [3.8, 4) is 11.8 Å². The Morgan fingerprint density at radius 2 is 2.13 bits per heavy atom. The Morgan fingerprint density at radius 1 is 1.22 bits per heavy atom. The highest BCUT2D eigenvalue weighted by atomic mass is 32.2. The van der Waals surface area contributed by atoms with Gasteiger partial charge in [0.1, 0.15) is 18.2 Å². The van der Waals surface area contributed by atoms with E-state index in [1.165, 1.54) is 0 Å². The van der Waals surface area contributed by atoms with E-state index in [1.54, 1.807) is 19.6 Å². The van der Waals surface area contributed by atoms with Crippen molar-refractivity contribution in [1.29, 1.82) is 0 Å². The van der Waals surface area contributed by atoms with Crippen molar-refractivity contribution in [3.05, 3.63) is 36.8 Å². The summed E-state index contributed by atoms with van der Waals surface area (Å²) in [6.45, 7) is 1.97. The molecule has 0 bridgehead atoms. The minimum Gasteiger partial charge on any atom is -0.481 e. The monoisotopic (exact) mass is 330 g/mol. The molecule has 1 spiro atoms. The zero-order valence-electron chi connectivity index (χ0n) is 12.9. The number of aromatic nitrogens is 3. The second-order valence-corrected chi connectivity index (χ2v) is 7.37. The van der Waals surface area contributed by atoms with E-state index < -0.39 is 0 Å². The van der Waals surface area contributed by atoms with Crippen molar-refractivity contribution in [2.24, 2.45) is 0 Å². The zero-order valence-corrected chi connectivity index (χ0v) is 13.7. The summed E-state index contributed by atoms with van der Waals surface area (Å²) in [4.78, 5) is 14.9. The molecule has 2 aromatic rings. The van der Waals surface area contributed by atoms with Gasteiger partial charge in [0.15, 0.2) is 0 Å². The van der Waals surface area contributed by atoms with Crippen molar-refractivity contribution in [2.75, 3.05) is 30.9 Å². The van der Waals surface area contributed by atoms with Gasteiger partial charge < -0.3 is 14.4 Å². The molecular formula is C16H18N4O2S. The molecule has 2 saturated heterocycles. The van der Waals surface area contributed by atoms with E-state index >= 15 is 0 Å². The van der Waals surface area contributed by atoms with Gasteiger partial charge in [-0.05, 0) is 6.07 Å². The molecule has 0 aliphatic carbocycles. The third-order valence-corrected chi connectivity index (χ3v) is 5.79. The maximum absolute atomic E-state index is 5.99. The van der Waals surface area contributed by atoms with Crippen LogP contribution >= 0.6 is 11.8 Å². The molecule has 6 nitrogen and oxygen atoms in total. The van der Waals surface area contributed by atoms with Crippen LogP contribution in [-0.4, -0.2) is 51.8 Å². The van der Waals surface area contributed by atoms with Gasteiger partial charge >= 0.3 is 0 Å². The molecular weight excluding hydrogens is 312 g/mol. The predicted molar refractivity (Wildman–Crippen MR) is 89.3 cm³/mol. The van der Waals surface area contributed by atoms with Crippen LogP contribution in [-0.2, 0) is 0 Å². The standard InChI is InChI=1S/C16H18N4O2S/c1-21-15-6-13(18-11-19-15)20-9-16(10-20)7-12(8-23-16)22-14-4-2-3-5-17-14/h2-6,11-12H,7-10H2,1H3. The topological polar surface area (TPSA) is 60.4 Å². The largest absolute Gasteiger partial charge is 0.481 e. The Kier molecular flexibility index (Phi) is 3.72. The van der Waals surface area contributed by atoms with E-state index in [9.17, 15) is 0 Å². The van der Waals surface area contributed by atoms with Gasteiger partial charge in [-0.1, -0.05) is 6.07 Å². The fraction of sp³-hybridized carbons (Fsp3) is 0.438. The van der Waals surface area contributed by atoms with Crippen molar-refractivity contribution in [2.45, 2.75) is 17.3 Å². The number of thioether (sulfide) groups is 1. The number of anilines is 1. The molecule has 4 rings (SSSR count). The van der Waals surface area contributed by atoms with E-state index in [0.29, 0.717) is 11.8 Å². The molecule has 1 unspecified atom stereocenters. The summed E-state index contributed by atoms with van der Waals surface area (Å²) in [7, 11) is 1.62. The Morgan fingerprint density at radius 3 is 2.91 bits per heavy atom. The van der Waals surface area contributed by atoms with Gasteiger partial charge in [-0.15, -0.1) is 11.8 Å². The molecule has 1 atom stereocenters. The first-order chi connectivity index (χ1) is 11.3. The Bertz CT molecular complexity index is 679. The van der Waals surface area contributed by atoms with E-state index in [1.807, 2.05) is 36.0 Å². The van der Waals surface area contributed by atoms with Crippen LogP contribution in [0.3, 0.4) is 0 Å². The van der Waals surface area contributed by atoms with Gasteiger partial charge in [-0.3, -0.25) is 0 Å². The summed E-state index contributed by atoms with van der Waals surface area (Å²) in [5.41, 5.74) is 0. The number of methoxy groups -OCH3 is 1. The third-order valence-electron chi connectivity index (χ3n) is 4.22. The lowest BCUT2D eigenvalue weighted by atomic mass is 9.93. The fourth-order valence-electron chi connectivity index (χ4n) is 3.11. The van der Waals surface area contributed by atoms with Gasteiger partial charge in [0.2, 0.25) is 11.8 Å². The molecule has 4 heterocycles. The smallest absolute Gasteiger partial charge is 0.218 e. The van der Waals surface area contributed by atoms with Crippen LogP contribution in [0.25, 0.3) is 0 Å². The van der Waals surface area contributed by atoms with Crippen LogP contribution in [0.15, 0.2) is 36.8 Å². The zero-order chi connectivity index (χ0) is 15.7. The number of hydrogen-bond acceptors (Lipinski definition) is 7. The van der Waals surface area contributed by atoms with Crippen LogP contribution in [0.2, 0.25) is 0 Å². The Labute approximate surface area is 139 Å². The fourth-order valence-corrected chi connectivity index (χ4v) is 4.64. The minimum absolute atomic E-state index is 0.233. The third kappa shape index (κ3) is 2.93. The Hall–Kier alpha value is -2.02. The van der Waals surface area contributed by atoms with Crippen molar-refractivity contribution in [1.82, 2.24) is 15.0 Å². The molecule has 23 heavy (non-hydrogen) atoms. The quantitative estimate of drug-likeness (QED) is 0.850. The lowest BCUT2D eigenvalue weighted by molar-refractivity contribution is 0.194. The van der Waals surface area contributed by atoms with Crippen molar-refractivity contribution in [3.63, 3.8) is 0 Å². The number of ether oxygens (including phenoxy) is 2. The van der Waals surface area contributed by atoms with Gasteiger partial charge in [0, 0.05) is 43.6 Å².